The van der Waals surface area contributed by atoms with E-state index in [0.717, 1.165) is 15.9 Å². The zero-order valence-corrected chi connectivity index (χ0v) is 52.7. The van der Waals surface area contributed by atoms with Crippen molar-refractivity contribution in [1.82, 2.24) is 23.8 Å². The van der Waals surface area contributed by atoms with Gasteiger partial charge in [0.2, 0.25) is 10.0 Å². The quantitative estimate of drug-likeness (QED) is 0.0480. The van der Waals surface area contributed by atoms with Crippen molar-refractivity contribution in [3.63, 3.8) is 0 Å². The first-order chi connectivity index (χ1) is 40.2. The van der Waals surface area contributed by atoms with E-state index in [-0.39, 0.29) is 39.8 Å². The predicted octanol–water partition coefficient (Wildman–Crippen LogP) is 11.0. The van der Waals surface area contributed by atoms with Crippen molar-refractivity contribution in [3.05, 3.63) is 200 Å². The van der Waals surface area contributed by atoms with Crippen LogP contribution >= 0.6 is 0 Å². The van der Waals surface area contributed by atoms with Gasteiger partial charge in [-0.15, -0.1) is 0 Å². The Morgan fingerprint density at radius 2 is 1.15 bits per heavy atom. The van der Waals surface area contributed by atoms with E-state index in [1.54, 1.807) is 47.0 Å². The zero-order chi connectivity index (χ0) is 59.3. The highest BCUT2D eigenvalue weighted by Crippen LogP contribution is 2.46. The number of unbranched alkanes of at least 4 members (excludes halogenated alkanes) is 1. The Hall–Kier alpha value is -6.52. The van der Waals surface area contributed by atoms with Gasteiger partial charge in [0.05, 0.1) is 17.3 Å². The fraction of sp³-hybridized carbons (Fsp3) is 0.373. The second kappa shape index (κ2) is 25.2. The monoisotopic (exact) mass is 1180 g/mol. The molecule has 10 rings (SSSR count). The Morgan fingerprint density at radius 1 is 0.655 bits per heavy atom. The topological polar surface area (TPSA) is 156 Å². The zero-order valence-electron chi connectivity index (χ0n) is 49.9. The number of carbonyl (C=O) groups is 1. The maximum atomic E-state index is 15.7. The van der Waals surface area contributed by atoms with E-state index < -0.39 is 63.0 Å². The van der Waals surface area contributed by atoms with Crippen LogP contribution in [0.2, 0.25) is 10.1 Å². The Balaban J connectivity index is 0.986. The van der Waals surface area contributed by atoms with Crippen molar-refractivity contribution in [2.24, 2.45) is 0 Å². The molecule has 5 atom stereocenters. The van der Waals surface area contributed by atoms with Gasteiger partial charge in [-0.2, -0.15) is 4.31 Å². The molecule has 1 unspecified atom stereocenters. The van der Waals surface area contributed by atoms with Gasteiger partial charge in [-0.05, 0) is 108 Å². The second-order valence-corrected chi connectivity index (χ2v) is 35.2. The largest absolute Gasteiger partial charge is 0.407 e. The number of sulfonamides is 1. The molecule has 17 heteroatoms. The summed E-state index contributed by atoms with van der Waals surface area (Å²) >= 11 is 0. The SMILES string of the molecule is Cc1ccc(S(=O)(=O)N(CCCCO[Si](c2ccccc2)(c2ccccc2)C(C)(C)C)C(CCO[Si](c2ccccc2)(c2ccccc2)C(C)(C)C)CC[C@H]2O[C@@H](n3cnc4c(NC(=O)c5ccccc5)ncnc43)[C@@H]3OC(C)(C)O[C@@H]32)cc1. The molecule has 1 N–H and O–H groups in total. The summed E-state index contributed by atoms with van der Waals surface area (Å²) in [6, 6.07) is 57.8. The molecule has 440 valence electrons. The fourth-order valence-electron chi connectivity index (χ4n) is 12.6. The minimum atomic E-state index is -4.12. The summed E-state index contributed by atoms with van der Waals surface area (Å²) in [6.07, 6.45) is 3.00. The number of amides is 1. The van der Waals surface area contributed by atoms with Gasteiger partial charge < -0.3 is 28.4 Å². The van der Waals surface area contributed by atoms with Crippen molar-refractivity contribution >= 4 is 70.3 Å². The molecule has 0 saturated carbocycles. The van der Waals surface area contributed by atoms with Crippen LogP contribution in [0.3, 0.4) is 0 Å². The van der Waals surface area contributed by atoms with Crippen LogP contribution in [0, 0.1) is 6.92 Å². The maximum absolute atomic E-state index is 15.7. The molecule has 4 heterocycles. The number of imidazole rings is 1. The minimum Gasteiger partial charge on any atom is -0.407 e. The van der Waals surface area contributed by atoms with Crippen LogP contribution in [0.4, 0.5) is 5.82 Å². The maximum Gasteiger partial charge on any atom is 0.261 e. The van der Waals surface area contributed by atoms with E-state index in [2.05, 4.69) is 154 Å². The molecule has 1 amide bonds. The lowest BCUT2D eigenvalue weighted by Gasteiger charge is -2.43. The molecule has 6 aromatic carbocycles. The predicted molar refractivity (Wildman–Crippen MR) is 337 cm³/mol. The highest BCUT2D eigenvalue weighted by molar-refractivity contribution is 7.89. The average Bonchev–Trinajstić information content (AvgIpc) is 4.10. The van der Waals surface area contributed by atoms with E-state index in [4.69, 9.17) is 28.0 Å². The lowest BCUT2D eigenvalue weighted by atomic mass is 10.0. The van der Waals surface area contributed by atoms with Gasteiger partial charge in [0.15, 0.2) is 29.0 Å². The number of hydrogen-bond acceptors (Lipinski definition) is 11. The molecular formula is C67H80N6O8SSi2. The summed E-state index contributed by atoms with van der Waals surface area (Å²) in [7, 11) is -10.0. The van der Waals surface area contributed by atoms with Gasteiger partial charge in [-0.25, -0.2) is 23.4 Å². The normalized spacial score (nSPS) is 18.7. The molecule has 8 aromatic rings. The Labute approximate surface area is 498 Å². The van der Waals surface area contributed by atoms with Crippen LogP contribution in [0.25, 0.3) is 11.2 Å². The van der Waals surface area contributed by atoms with Crippen LogP contribution < -0.4 is 26.1 Å². The number of carbonyl (C=O) groups excluding carboxylic acids is 1. The third-order valence-electron chi connectivity index (χ3n) is 16.5. The van der Waals surface area contributed by atoms with Crippen molar-refractivity contribution in [1.29, 1.82) is 0 Å². The molecule has 2 aromatic heterocycles. The smallest absolute Gasteiger partial charge is 0.261 e. The lowest BCUT2D eigenvalue weighted by Crippen LogP contribution is -2.66. The molecule has 2 aliphatic heterocycles. The highest BCUT2D eigenvalue weighted by atomic mass is 32.2. The summed E-state index contributed by atoms with van der Waals surface area (Å²) in [6.45, 7) is 20.3. The number of anilines is 1. The molecule has 0 aliphatic carbocycles. The number of aromatic nitrogens is 4. The Morgan fingerprint density at radius 3 is 1.68 bits per heavy atom. The molecule has 0 bridgehead atoms. The van der Waals surface area contributed by atoms with E-state index >= 15 is 8.42 Å². The lowest BCUT2D eigenvalue weighted by molar-refractivity contribution is -0.197. The first kappa shape index (κ1) is 60.6. The highest BCUT2D eigenvalue weighted by Gasteiger charge is 2.57. The van der Waals surface area contributed by atoms with Crippen LogP contribution in [0.15, 0.2) is 193 Å². The molecule has 2 aliphatic rings. The fourth-order valence-corrected chi connectivity index (χ4v) is 23.5. The van der Waals surface area contributed by atoms with E-state index in [1.165, 1.54) is 16.7 Å². The van der Waals surface area contributed by atoms with E-state index in [0.29, 0.717) is 55.4 Å². The summed E-state index contributed by atoms with van der Waals surface area (Å²) < 4.78 is 70.4. The van der Waals surface area contributed by atoms with E-state index in [1.807, 2.05) is 67.8 Å². The standard InChI is InChI=1S/C67H80N6O8SSi2/c1-49-37-40-52(41-38-49)82(75,76)73(44-25-26-45-77-83(65(2,3)4,53-29-17-11-18-30-53)54-31-19-12-20-32-54)51(43-46-78-84(66(5,6)7,55-33-21-13-22-34-55)56-35-23-14-24-36-56)39-42-57-59-60(81-67(8,9)80-59)64(79-57)72-48-70-58-61(68-47-69-62(58)72)71-63(74)50-27-15-10-16-28-50/h10-24,27-38,40-41,47-48,51,57,59-60,64H,25-26,39,42-46H2,1-9H3,(H,68,69,71,74)/t51?,57-,59-,60-,64-/m1/s1. The van der Waals surface area contributed by atoms with Gasteiger partial charge >= 0.3 is 0 Å². The minimum absolute atomic E-state index is 0.224. The van der Waals surface area contributed by atoms with Crippen LogP contribution in [-0.4, -0.2) is 105 Å². The first-order valence-electron chi connectivity index (χ1n) is 29.4. The average molecular weight is 1190 g/mol. The molecule has 0 spiro atoms. The number of nitrogens with one attached hydrogen (secondary N) is 1. The van der Waals surface area contributed by atoms with Gasteiger partial charge in [-0.3, -0.25) is 9.36 Å². The first-order valence-corrected chi connectivity index (χ1v) is 34.6. The second-order valence-electron chi connectivity index (χ2n) is 24.7. The number of rotatable bonds is 23. The number of fused-ring (bicyclic) bond motifs is 2. The number of ether oxygens (including phenoxy) is 3. The van der Waals surface area contributed by atoms with Crippen molar-refractivity contribution in [3.8, 4) is 0 Å². The van der Waals surface area contributed by atoms with Crippen molar-refractivity contribution in [2.45, 2.75) is 146 Å². The summed E-state index contributed by atoms with van der Waals surface area (Å²) in [5.41, 5.74) is 2.27. The molecule has 0 radical (unpaired) electrons. The summed E-state index contributed by atoms with van der Waals surface area (Å²) in [5, 5.41) is 7.05. The van der Waals surface area contributed by atoms with Crippen LogP contribution in [0.5, 0.6) is 0 Å². The number of nitrogens with zero attached hydrogens (tertiary/aromatic N) is 5. The molecule has 2 saturated heterocycles. The van der Waals surface area contributed by atoms with Crippen LogP contribution in [-0.2, 0) is 33.1 Å². The Kier molecular flexibility index (Phi) is 18.2. The number of hydrogen-bond donors (Lipinski definition) is 1. The van der Waals surface area contributed by atoms with Crippen molar-refractivity contribution in [2.75, 3.05) is 25.1 Å². The van der Waals surface area contributed by atoms with Gasteiger partial charge in [0, 0.05) is 31.4 Å². The summed E-state index contributed by atoms with van der Waals surface area (Å²) in [5.74, 6) is -1.03. The molecule has 14 nitrogen and oxygen atoms in total. The number of benzene rings is 6. The molecular weight excluding hydrogens is 1110 g/mol. The third-order valence-corrected chi connectivity index (χ3v) is 28.6. The Bertz CT molecular complexity index is 3490. The molecule has 84 heavy (non-hydrogen) atoms. The van der Waals surface area contributed by atoms with Crippen LogP contribution in [0.1, 0.15) is 110 Å². The van der Waals surface area contributed by atoms with E-state index in [9.17, 15) is 4.79 Å². The van der Waals surface area contributed by atoms with Gasteiger partial charge in [0.25, 0.3) is 22.5 Å². The summed E-state index contributed by atoms with van der Waals surface area (Å²) in [4.78, 5) is 27.3. The third kappa shape index (κ3) is 12.4. The number of aryl methyl sites for hydroxylation is 1. The van der Waals surface area contributed by atoms with Gasteiger partial charge in [-0.1, -0.05) is 199 Å². The molecule has 2 fully saturated rings. The van der Waals surface area contributed by atoms with Crippen molar-refractivity contribution < 1.29 is 36.3 Å². The van der Waals surface area contributed by atoms with Gasteiger partial charge in [0.1, 0.15) is 18.5 Å².